The third kappa shape index (κ3) is 3.14. The van der Waals surface area contributed by atoms with Gasteiger partial charge in [-0.05, 0) is 31.2 Å². The van der Waals surface area contributed by atoms with E-state index < -0.39 is 17.6 Å². The summed E-state index contributed by atoms with van der Waals surface area (Å²) in [6.07, 6.45) is 0. The molecule has 1 atom stereocenters. The lowest BCUT2D eigenvalue weighted by atomic mass is 10.1. The van der Waals surface area contributed by atoms with Crippen molar-refractivity contribution in [1.82, 2.24) is 5.32 Å². The fourth-order valence-corrected chi connectivity index (χ4v) is 2.12. The number of halogens is 2. The lowest BCUT2D eigenvalue weighted by molar-refractivity contribution is -0.169. The molecule has 1 N–H and O–H groups in total. The number of amides is 1. The Morgan fingerprint density at radius 3 is 2.52 bits per heavy atom. The van der Waals surface area contributed by atoms with Gasteiger partial charge in [0.25, 0.3) is 11.6 Å². The second-order valence-corrected chi connectivity index (χ2v) is 5.27. The fourth-order valence-electron chi connectivity index (χ4n) is 1.80. The molecule has 7 heteroatoms. The molecule has 0 bridgehead atoms. The average Bonchev–Trinajstić information content (AvgIpc) is 2.44. The predicted octanol–water partition coefficient (Wildman–Crippen LogP) is 2.67. The minimum atomic E-state index is -1.62. The Morgan fingerprint density at radius 1 is 1.33 bits per heavy atom. The standard InChI is InChI=1S/C14H13Cl2NO4/c1-3-20-13(19)14(2)17-12(18)10(16)11(21-14)8-4-6-9(15)7-5-8/h4-7H,3H2,1-2H3,(H,17,18). The SMILES string of the molecule is CCOC(=O)C1(C)NC(=O)C(Cl)=C(c2ccc(Cl)cc2)O1. The monoisotopic (exact) mass is 329 g/mol. The average molecular weight is 330 g/mol. The third-order valence-electron chi connectivity index (χ3n) is 2.83. The van der Waals surface area contributed by atoms with Crippen molar-refractivity contribution in [1.29, 1.82) is 0 Å². The minimum Gasteiger partial charge on any atom is -0.462 e. The Labute approximate surface area is 131 Å². The maximum Gasteiger partial charge on any atom is 0.372 e. The molecule has 1 aromatic rings. The fraction of sp³-hybridized carbons (Fsp3) is 0.286. The van der Waals surface area contributed by atoms with Gasteiger partial charge in [0, 0.05) is 17.5 Å². The topological polar surface area (TPSA) is 64.6 Å². The largest absolute Gasteiger partial charge is 0.462 e. The van der Waals surface area contributed by atoms with Crippen LogP contribution in [-0.4, -0.2) is 24.2 Å². The number of hydrogen-bond acceptors (Lipinski definition) is 4. The van der Waals surface area contributed by atoms with Crippen LogP contribution in [-0.2, 0) is 19.1 Å². The number of hydrogen-bond donors (Lipinski definition) is 1. The zero-order valence-electron chi connectivity index (χ0n) is 11.4. The van der Waals surface area contributed by atoms with Gasteiger partial charge in [-0.3, -0.25) is 4.79 Å². The molecule has 112 valence electrons. The number of esters is 1. The van der Waals surface area contributed by atoms with E-state index in [2.05, 4.69) is 5.32 Å². The van der Waals surface area contributed by atoms with Crippen LogP contribution in [0.25, 0.3) is 5.76 Å². The van der Waals surface area contributed by atoms with Crippen LogP contribution < -0.4 is 5.32 Å². The van der Waals surface area contributed by atoms with Gasteiger partial charge in [-0.1, -0.05) is 23.2 Å². The van der Waals surface area contributed by atoms with Gasteiger partial charge in [-0.2, -0.15) is 0 Å². The molecule has 2 rings (SSSR count). The summed E-state index contributed by atoms with van der Waals surface area (Å²) >= 11 is 11.8. The third-order valence-corrected chi connectivity index (χ3v) is 3.42. The van der Waals surface area contributed by atoms with E-state index in [-0.39, 0.29) is 17.4 Å². The number of rotatable bonds is 3. The van der Waals surface area contributed by atoms with Gasteiger partial charge in [-0.25, -0.2) is 4.79 Å². The molecule has 0 radical (unpaired) electrons. The zero-order valence-corrected chi connectivity index (χ0v) is 12.9. The second-order valence-electron chi connectivity index (χ2n) is 4.46. The van der Waals surface area contributed by atoms with Crippen molar-refractivity contribution >= 4 is 40.8 Å². The second kappa shape index (κ2) is 5.95. The van der Waals surface area contributed by atoms with Crippen LogP contribution in [0.5, 0.6) is 0 Å². The van der Waals surface area contributed by atoms with Crippen molar-refractivity contribution in [3.8, 4) is 0 Å². The van der Waals surface area contributed by atoms with E-state index in [0.29, 0.717) is 10.6 Å². The van der Waals surface area contributed by atoms with Crippen molar-refractivity contribution in [2.75, 3.05) is 6.61 Å². The summed E-state index contributed by atoms with van der Waals surface area (Å²) in [6.45, 7) is 3.23. The summed E-state index contributed by atoms with van der Waals surface area (Å²) in [7, 11) is 0. The molecule has 1 unspecified atom stereocenters. The van der Waals surface area contributed by atoms with Crippen molar-refractivity contribution < 1.29 is 19.1 Å². The molecule has 0 aromatic heterocycles. The quantitative estimate of drug-likeness (QED) is 0.866. The van der Waals surface area contributed by atoms with Crippen LogP contribution in [0.15, 0.2) is 29.3 Å². The normalized spacial score (nSPS) is 21.6. The van der Waals surface area contributed by atoms with E-state index in [1.165, 1.54) is 6.92 Å². The summed E-state index contributed by atoms with van der Waals surface area (Å²) in [4.78, 5) is 23.9. The molecule has 1 aliphatic rings. The molecular formula is C14H13Cl2NO4. The Hall–Kier alpha value is -1.72. The van der Waals surface area contributed by atoms with Crippen LogP contribution in [0.3, 0.4) is 0 Å². The Kier molecular flexibility index (Phi) is 4.44. The van der Waals surface area contributed by atoms with Gasteiger partial charge in [0.1, 0.15) is 5.03 Å². The Bertz CT molecular complexity index is 612. The molecule has 5 nitrogen and oxygen atoms in total. The molecule has 1 aromatic carbocycles. The molecule has 1 heterocycles. The van der Waals surface area contributed by atoms with E-state index in [9.17, 15) is 9.59 Å². The first-order chi connectivity index (χ1) is 9.87. The van der Waals surface area contributed by atoms with E-state index in [1.54, 1.807) is 31.2 Å². The van der Waals surface area contributed by atoms with Gasteiger partial charge in [-0.15, -0.1) is 0 Å². The maximum atomic E-state index is 12.0. The number of ether oxygens (including phenoxy) is 2. The molecule has 21 heavy (non-hydrogen) atoms. The van der Waals surface area contributed by atoms with Crippen LogP contribution in [0.2, 0.25) is 5.02 Å². The first kappa shape index (κ1) is 15.7. The summed E-state index contributed by atoms with van der Waals surface area (Å²) in [6, 6.07) is 6.55. The molecule has 0 spiro atoms. The molecular weight excluding hydrogens is 317 g/mol. The number of benzene rings is 1. The van der Waals surface area contributed by atoms with Crippen LogP contribution in [0.4, 0.5) is 0 Å². The van der Waals surface area contributed by atoms with Crippen LogP contribution in [0.1, 0.15) is 19.4 Å². The summed E-state index contributed by atoms with van der Waals surface area (Å²) < 4.78 is 10.5. The predicted molar refractivity (Wildman–Crippen MR) is 78.5 cm³/mol. The highest BCUT2D eigenvalue weighted by Crippen LogP contribution is 2.32. The van der Waals surface area contributed by atoms with Crippen molar-refractivity contribution in [2.45, 2.75) is 19.6 Å². The molecule has 0 fully saturated rings. The summed E-state index contributed by atoms with van der Waals surface area (Å²) in [5, 5.41) is 2.78. The van der Waals surface area contributed by atoms with E-state index in [1.807, 2.05) is 0 Å². The lowest BCUT2D eigenvalue weighted by Gasteiger charge is -2.34. The lowest BCUT2D eigenvalue weighted by Crippen LogP contribution is -2.57. The molecule has 1 amide bonds. The highest BCUT2D eigenvalue weighted by molar-refractivity contribution is 6.45. The van der Waals surface area contributed by atoms with Crippen LogP contribution in [0, 0.1) is 0 Å². The first-order valence-electron chi connectivity index (χ1n) is 6.22. The smallest absolute Gasteiger partial charge is 0.372 e. The van der Waals surface area contributed by atoms with Gasteiger partial charge < -0.3 is 14.8 Å². The summed E-state index contributed by atoms with van der Waals surface area (Å²) in [5.74, 6) is -1.20. The number of carbonyl (C=O) groups excluding carboxylic acids is 2. The number of carbonyl (C=O) groups is 2. The van der Waals surface area contributed by atoms with Crippen molar-refractivity contribution in [3.05, 3.63) is 39.9 Å². The Balaban J connectivity index is 2.40. The highest BCUT2D eigenvalue weighted by Gasteiger charge is 2.44. The molecule has 1 aliphatic heterocycles. The first-order valence-corrected chi connectivity index (χ1v) is 6.97. The highest BCUT2D eigenvalue weighted by atomic mass is 35.5. The Morgan fingerprint density at radius 2 is 1.95 bits per heavy atom. The number of nitrogens with one attached hydrogen (secondary N) is 1. The molecule has 0 saturated heterocycles. The van der Waals surface area contributed by atoms with Crippen molar-refractivity contribution in [2.24, 2.45) is 0 Å². The summed E-state index contributed by atoms with van der Waals surface area (Å²) in [5.41, 5.74) is -1.09. The van der Waals surface area contributed by atoms with E-state index >= 15 is 0 Å². The van der Waals surface area contributed by atoms with Crippen molar-refractivity contribution in [3.63, 3.8) is 0 Å². The maximum absolute atomic E-state index is 12.0. The van der Waals surface area contributed by atoms with E-state index in [0.717, 1.165) is 0 Å². The van der Waals surface area contributed by atoms with E-state index in [4.69, 9.17) is 32.7 Å². The van der Waals surface area contributed by atoms with Gasteiger partial charge in [0.2, 0.25) is 0 Å². The minimum absolute atomic E-state index is 0.104. The van der Waals surface area contributed by atoms with Gasteiger partial charge >= 0.3 is 5.97 Å². The van der Waals surface area contributed by atoms with Gasteiger partial charge in [0.15, 0.2) is 5.76 Å². The molecule has 0 aliphatic carbocycles. The van der Waals surface area contributed by atoms with Gasteiger partial charge in [0.05, 0.1) is 6.61 Å². The zero-order chi connectivity index (χ0) is 15.6. The van der Waals surface area contributed by atoms with Crippen LogP contribution >= 0.6 is 23.2 Å². The molecule has 0 saturated carbocycles.